The number of hydrazine groups is 1. The van der Waals surface area contributed by atoms with Crippen molar-refractivity contribution >= 4 is 5.97 Å². The highest BCUT2D eigenvalue weighted by Gasteiger charge is 2.32. The Morgan fingerprint density at radius 2 is 1.84 bits per heavy atom. The van der Waals surface area contributed by atoms with Crippen LogP contribution in [-0.2, 0) is 4.74 Å². The minimum Gasteiger partial charge on any atom is -0.507 e. The van der Waals surface area contributed by atoms with Crippen LogP contribution in [0, 0.1) is 0 Å². The summed E-state index contributed by atoms with van der Waals surface area (Å²) in [5, 5.41) is 10.2. The van der Waals surface area contributed by atoms with Crippen LogP contribution in [0.3, 0.4) is 0 Å². The summed E-state index contributed by atoms with van der Waals surface area (Å²) in [6.45, 7) is 0.564. The SMILES string of the molecule is COC(=O)c1ccc(OC2CNNC2c2ccc(OC)cc2O)cc1. The molecule has 1 aliphatic heterocycles. The van der Waals surface area contributed by atoms with Gasteiger partial charge >= 0.3 is 5.97 Å². The van der Waals surface area contributed by atoms with E-state index < -0.39 is 5.97 Å². The molecule has 0 bridgehead atoms. The molecule has 2 unspecified atom stereocenters. The highest BCUT2D eigenvalue weighted by molar-refractivity contribution is 5.89. The van der Waals surface area contributed by atoms with E-state index in [4.69, 9.17) is 9.47 Å². The number of rotatable bonds is 5. The topological polar surface area (TPSA) is 89.1 Å². The van der Waals surface area contributed by atoms with Crippen LogP contribution < -0.4 is 20.3 Å². The number of hydrogen-bond donors (Lipinski definition) is 3. The summed E-state index contributed by atoms with van der Waals surface area (Å²) in [5.74, 6) is 0.955. The number of phenols is 1. The fourth-order valence-electron chi connectivity index (χ4n) is 2.74. The summed E-state index contributed by atoms with van der Waals surface area (Å²) in [5.41, 5.74) is 7.32. The lowest BCUT2D eigenvalue weighted by Gasteiger charge is -2.21. The van der Waals surface area contributed by atoms with Gasteiger partial charge in [-0.05, 0) is 36.4 Å². The lowest BCUT2D eigenvalue weighted by Crippen LogP contribution is -2.28. The van der Waals surface area contributed by atoms with Crippen LogP contribution in [0.1, 0.15) is 22.0 Å². The maximum absolute atomic E-state index is 11.5. The summed E-state index contributed by atoms with van der Waals surface area (Å²) in [6, 6.07) is 11.7. The number of nitrogens with one attached hydrogen (secondary N) is 2. The average molecular weight is 344 g/mol. The van der Waals surface area contributed by atoms with Crippen LogP contribution in [-0.4, -0.2) is 37.9 Å². The van der Waals surface area contributed by atoms with Crippen molar-refractivity contribution in [3.8, 4) is 17.2 Å². The molecule has 0 radical (unpaired) electrons. The van der Waals surface area contributed by atoms with Gasteiger partial charge in [0.2, 0.25) is 0 Å². The van der Waals surface area contributed by atoms with Crippen molar-refractivity contribution < 1.29 is 24.1 Å². The fourth-order valence-corrected chi connectivity index (χ4v) is 2.74. The van der Waals surface area contributed by atoms with Crippen molar-refractivity contribution in [1.29, 1.82) is 0 Å². The molecule has 25 heavy (non-hydrogen) atoms. The van der Waals surface area contributed by atoms with Crippen LogP contribution in [0.4, 0.5) is 0 Å². The van der Waals surface area contributed by atoms with E-state index in [1.807, 2.05) is 0 Å². The van der Waals surface area contributed by atoms with Crippen molar-refractivity contribution in [3.63, 3.8) is 0 Å². The molecule has 2 atom stereocenters. The average Bonchev–Trinajstić information content (AvgIpc) is 3.09. The highest BCUT2D eigenvalue weighted by atomic mass is 16.5. The molecule has 3 N–H and O–H groups in total. The molecule has 0 amide bonds. The van der Waals surface area contributed by atoms with Gasteiger partial charge in [0.05, 0.1) is 25.8 Å². The predicted molar refractivity (Wildman–Crippen MR) is 90.7 cm³/mol. The first-order valence-corrected chi connectivity index (χ1v) is 7.82. The van der Waals surface area contributed by atoms with Crippen molar-refractivity contribution in [3.05, 3.63) is 53.6 Å². The summed E-state index contributed by atoms with van der Waals surface area (Å²) in [7, 11) is 2.89. The molecule has 0 saturated carbocycles. The molecule has 0 aromatic heterocycles. The first-order chi connectivity index (χ1) is 12.1. The van der Waals surface area contributed by atoms with Gasteiger partial charge in [0.1, 0.15) is 23.4 Å². The number of aromatic hydroxyl groups is 1. The number of methoxy groups -OCH3 is 2. The Morgan fingerprint density at radius 1 is 1.12 bits per heavy atom. The number of benzene rings is 2. The molecule has 1 saturated heterocycles. The fraction of sp³-hybridized carbons (Fsp3) is 0.278. The second-order valence-corrected chi connectivity index (χ2v) is 5.60. The number of phenolic OH excluding ortho intramolecular Hbond substituents is 1. The minimum absolute atomic E-state index is 0.134. The van der Waals surface area contributed by atoms with E-state index in [2.05, 4.69) is 15.6 Å². The Morgan fingerprint density at radius 3 is 2.48 bits per heavy atom. The largest absolute Gasteiger partial charge is 0.507 e. The van der Waals surface area contributed by atoms with E-state index in [1.54, 1.807) is 49.6 Å². The Hall–Kier alpha value is -2.77. The molecule has 2 aromatic carbocycles. The van der Waals surface area contributed by atoms with Crippen LogP contribution in [0.15, 0.2) is 42.5 Å². The maximum Gasteiger partial charge on any atom is 0.337 e. The minimum atomic E-state index is -0.392. The van der Waals surface area contributed by atoms with E-state index in [9.17, 15) is 9.90 Å². The van der Waals surface area contributed by atoms with Crippen LogP contribution in [0.5, 0.6) is 17.2 Å². The molecular weight excluding hydrogens is 324 g/mol. The smallest absolute Gasteiger partial charge is 0.337 e. The van der Waals surface area contributed by atoms with Crippen LogP contribution in [0.2, 0.25) is 0 Å². The van der Waals surface area contributed by atoms with Gasteiger partial charge in [-0.1, -0.05) is 0 Å². The monoisotopic (exact) mass is 344 g/mol. The third kappa shape index (κ3) is 3.67. The second kappa shape index (κ2) is 7.42. The Balaban J connectivity index is 1.75. The molecule has 0 spiro atoms. The molecule has 1 aliphatic rings. The first kappa shape index (κ1) is 17.1. The molecular formula is C18H20N2O5. The van der Waals surface area contributed by atoms with Crippen molar-refractivity contribution in [2.24, 2.45) is 0 Å². The molecule has 7 nitrogen and oxygen atoms in total. The zero-order chi connectivity index (χ0) is 17.8. The van der Waals surface area contributed by atoms with E-state index in [-0.39, 0.29) is 17.9 Å². The second-order valence-electron chi connectivity index (χ2n) is 5.60. The highest BCUT2D eigenvalue weighted by Crippen LogP contribution is 2.32. The lowest BCUT2D eigenvalue weighted by molar-refractivity contribution is 0.0600. The van der Waals surface area contributed by atoms with Gasteiger partial charge < -0.3 is 19.3 Å². The standard InChI is InChI=1S/C18H20N2O5/c1-23-13-7-8-14(15(21)9-13)17-16(10-19-20-17)25-12-5-3-11(4-6-12)18(22)24-2/h3-9,16-17,19-21H,10H2,1-2H3. The molecule has 1 fully saturated rings. The first-order valence-electron chi connectivity index (χ1n) is 7.82. The third-order valence-electron chi connectivity index (χ3n) is 4.07. The molecule has 7 heteroatoms. The summed E-state index contributed by atoms with van der Waals surface area (Å²) in [4.78, 5) is 11.5. The van der Waals surface area contributed by atoms with E-state index in [0.717, 1.165) is 0 Å². The zero-order valence-electron chi connectivity index (χ0n) is 14.0. The van der Waals surface area contributed by atoms with E-state index in [0.29, 0.717) is 29.2 Å². The van der Waals surface area contributed by atoms with Crippen molar-refractivity contribution in [2.75, 3.05) is 20.8 Å². The quantitative estimate of drug-likeness (QED) is 0.713. The van der Waals surface area contributed by atoms with Gasteiger partial charge in [0.15, 0.2) is 0 Å². The number of carbonyl (C=O) groups excluding carboxylic acids is 1. The van der Waals surface area contributed by atoms with Crippen molar-refractivity contribution in [1.82, 2.24) is 10.9 Å². The van der Waals surface area contributed by atoms with Gasteiger partial charge in [0.25, 0.3) is 0 Å². The van der Waals surface area contributed by atoms with Crippen LogP contribution >= 0.6 is 0 Å². The Labute approximate surface area is 145 Å². The van der Waals surface area contributed by atoms with E-state index in [1.165, 1.54) is 7.11 Å². The molecule has 1 heterocycles. The number of carbonyl (C=O) groups is 1. The van der Waals surface area contributed by atoms with E-state index >= 15 is 0 Å². The van der Waals surface area contributed by atoms with Gasteiger partial charge in [-0.2, -0.15) is 0 Å². The Kier molecular flexibility index (Phi) is 5.06. The van der Waals surface area contributed by atoms with Gasteiger partial charge in [-0.15, -0.1) is 0 Å². The lowest BCUT2D eigenvalue weighted by atomic mass is 10.0. The molecule has 132 valence electrons. The zero-order valence-corrected chi connectivity index (χ0v) is 14.0. The number of ether oxygens (including phenoxy) is 3. The summed E-state index contributed by atoms with van der Waals surface area (Å²) >= 11 is 0. The maximum atomic E-state index is 11.5. The normalized spacial score (nSPS) is 19.4. The predicted octanol–water partition coefficient (Wildman–Crippen LogP) is 1.78. The van der Waals surface area contributed by atoms with Gasteiger partial charge in [-0.25, -0.2) is 10.2 Å². The van der Waals surface area contributed by atoms with Crippen LogP contribution in [0.25, 0.3) is 0 Å². The van der Waals surface area contributed by atoms with Crippen molar-refractivity contribution in [2.45, 2.75) is 12.1 Å². The van der Waals surface area contributed by atoms with Gasteiger partial charge in [0, 0.05) is 18.2 Å². The molecule has 0 aliphatic carbocycles. The van der Waals surface area contributed by atoms with Gasteiger partial charge in [-0.3, -0.25) is 5.43 Å². The number of hydrogen-bond acceptors (Lipinski definition) is 7. The Bertz CT molecular complexity index is 748. The molecule has 2 aromatic rings. The summed E-state index contributed by atoms with van der Waals surface area (Å²) < 4.78 is 15.8. The summed E-state index contributed by atoms with van der Waals surface area (Å²) in [6.07, 6.45) is -0.233. The third-order valence-corrected chi connectivity index (χ3v) is 4.07. The number of esters is 1. The molecule has 3 rings (SSSR count).